The van der Waals surface area contributed by atoms with E-state index in [0.717, 1.165) is 76.3 Å². The lowest BCUT2D eigenvalue weighted by atomic mass is 9.91. The summed E-state index contributed by atoms with van der Waals surface area (Å²) in [6, 6.07) is 0.841. The lowest BCUT2D eigenvalue weighted by Crippen LogP contribution is -2.52. The number of aromatic nitrogens is 2. The van der Waals surface area contributed by atoms with Crippen molar-refractivity contribution in [3.63, 3.8) is 0 Å². The standard InChI is InChI=1S/C22H35N7/c1-4-24-26(3)18(2)17-27-10-8-19-16-23-22(25-21(19)9-11-27)29-14-12-28(13-15-29)20-6-5-7-20/h4,16,20H,2,5-15,17H2,1,3H3/b24-4+. The molecule has 0 spiro atoms. The van der Waals surface area contributed by atoms with E-state index in [9.17, 15) is 0 Å². The predicted octanol–water partition coefficient (Wildman–Crippen LogP) is 2.00. The molecule has 4 rings (SSSR count). The Balaban J connectivity index is 1.33. The number of rotatable bonds is 6. The van der Waals surface area contributed by atoms with Gasteiger partial charge in [-0.05, 0) is 31.7 Å². The minimum absolute atomic E-state index is 0.839. The smallest absolute Gasteiger partial charge is 0.225 e. The molecule has 2 fully saturated rings. The first kappa shape index (κ1) is 20.3. The van der Waals surface area contributed by atoms with Crippen LogP contribution < -0.4 is 4.90 Å². The van der Waals surface area contributed by atoms with E-state index in [1.807, 2.05) is 19.0 Å². The third-order valence-corrected chi connectivity index (χ3v) is 6.64. The maximum Gasteiger partial charge on any atom is 0.225 e. The van der Waals surface area contributed by atoms with Crippen LogP contribution in [-0.2, 0) is 12.8 Å². The van der Waals surface area contributed by atoms with Crippen LogP contribution in [0.5, 0.6) is 0 Å². The molecule has 0 amide bonds. The second-order valence-corrected chi connectivity index (χ2v) is 8.49. The molecular formula is C22H35N7. The van der Waals surface area contributed by atoms with Gasteiger partial charge in [0.05, 0.1) is 5.69 Å². The maximum atomic E-state index is 4.99. The van der Waals surface area contributed by atoms with Crippen LogP contribution in [0.3, 0.4) is 0 Å². The van der Waals surface area contributed by atoms with Crippen molar-refractivity contribution in [3.05, 3.63) is 29.7 Å². The van der Waals surface area contributed by atoms with Crippen molar-refractivity contribution < 1.29 is 0 Å². The number of likely N-dealkylation sites (N-methyl/N-ethyl adjacent to an activating group) is 1. The molecule has 7 heteroatoms. The molecule has 158 valence electrons. The predicted molar refractivity (Wildman–Crippen MR) is 118 cm³/mol. The van der Waals surface area contributed by atoms with Crippen molar-refractivity contribution >= 4 is 12.2 Å². The normalized spacial score (nSPS) is 21.7. The topological polar surface area (TPSA) is 51.1 Å². The van der Waals surface area contributed by atoms with Crippen LogP contribution in [0.4, 0.5) is 5.95 Å². The van der Waals surface area contributed by atoms with Crippen molar-refractivity contribution in [3.8, 4) is 0 Å². The first-order valence-electron chi connectivity index (χ1n) is 11.1. The molecule has 0 bridgehead atoms. The summed E-state index contributed by atoms with van der Waals surface area (Å²) in [4.78, 5) is 17.2. The molecule has 2 aliphatic heterocycles. The van der Waals surface area contributed by atoms with E-state index in [1.165, 1.54) is 30.5 Å². The molecule has 0 aromatic carbocycles. The Morgan fingerprint density at radius 3 is 2.66 bits per heavy atom. The Hall–Kier alpha value is -1.99. The summed E-state index contributed by atoms with van der Waals surface area (Å²) in [5, 5.41) is 6.15. The van der Waals surface area contributed by atoms with E-state index in [2.05, 4.69) is 32.6 Å². The molecule has 7 nitrogen and oxygen atoms in total. The number of fused-ring (bicyclic) bond motifs is 1. The van der Waals surface area contributed by atoms with Crippen molar-refractivity contribution in [2.24, 2.45) is 5.10 Å². The third-order valence-electron chi connectivity index (χ3n) is 6.64. The van der Waals surface area contributed by atoms with Crippen LogP contribution in [0.15, 0.2) is 23.6 Å². The fourth-order valence-electron chi connectivity index (χ4n) is 4.48. The molecule has 29 heavy (non-hydrogen) atoms. The van der Waals surface area contributed by atoms with Gasteiger partial charge < -0.3 is 4.90 Å². The van der Waals surface area contributed by atoms with E-state index < -0.39 is 0 Å². The molecule has 1 saturated carbocycles. The Morgan fingerprint density at radius 2 is 1.97 bits per heavy atom. The van der Waals surface area contributed by atoms with Gasteiger partial charge >= 0.3 is 0 Å². The average molecular weight is 398 g/mol. The number of hydrogen-bond donors (Lipinski definition) is 0. The second kappa shape index (κ2) is 9.22. The zero-order chi connectivity index (χ0) is 20.2. The Labute approximate surface area is 175 Å². The Bertz CT molecular complexity index is 735. The second-order valence-electron chi connectivity index (χ2n) is 8.49. The van der Waals surface area contributed by atoms with Gasteiger partial charge in [-0.15, -0.1) is 0 Å². The highest BCUT2D eigenvalue weighted by molar-refractivity contribution is 5.52. The summed E-state index contributed by atoms with van der Waals surface area (Å²) < 4.78 is 0. The molecule has 0 radical (unpaired) electrons. The van der Waals surface area contributed by atoms with Crippen LogP contribution in [0.25, 0.3) is 0 Å². The fraction of sp³-hybridized carbons (Fsp3) is 0.682. The van der Waals surface area contributed by atoms with Crippen molar-refractivity contribution in [1.82, 2.24) is 24.8 Å². The number of hydrogen-bond acceptors (Lipinski definition) is 7. The van der Waals surface area contributed by atoms with E-state index in [4.69, 9.17) is 9.97 Å². The highest BCUT2D eigenvalue weighted by Crippen LogP contribution is 2.26. The van der Waals surface area contributed by atoms with E-state index in [1.54, 1.807) is 6.21 Å². The van der Waals surface area contributed by atoms with Gasteiger partial charge in [-0.1, -0.05) is 13.0 Å². The van der Waals surface area contributed by atoms with Gasteiger partial charge in [0.25, 0.3) is 0 Å². The van der Waals surface area contributed by atoms with Gasteiger partial charge in [-0.25, -0.2) is 9.97 Å². The molecule has 1 aromatic rings. The maximum absolute atomic E-state index is 4.99. The minimum Gasteiger partial charge on any atom is -0.338 e. The zero-order valence-corrected chi connectivity index (χ0v) is 18.1. The number of nitrogens with zero attached hydrogens (tertiary/aromatic N) is 7. The Kier molecular flexibility index (Phi) is 6.45. The van der Waals surface area contributed by atoms with E-state index in [0.29, 0.717) is 0 Å². The summed E-state index contributed by atoms with van der Waals surface area (Å²) >= 11 is 0. The lowest BCUT2D eigenvalue weighted by molar-refractivity contribution is 0.120. The zero-order valence-electron chi connectivity index (χ0n) is 18.1. The lowest BCUT2D eigenvalue weighted by Gasteiger charge is -2.43. The summed E-state index contributed by atoms with van der Waals surface area (Å²) in [5.74, 6) is 0.923. The quantitative estimate of drug-likeness (QED) is 0.541. The SMILES string of the molecule is C=C(CN1CCc2cnc(N3CCN(C4CCC4)CC3)nc2CC1)N(C)/N=C/C. The summed E-state index contributed by atoms with van der Waals surface area (Å²) in [7, 11) is 1.96. The highest BCUT2D eigenvalue weighted by atomic mass is 15.4. The number of hydrazone groups is 1. The molecule has 1 saturated heterocycles. The van der Waals surface area contributed by atoms with Gasteiger partial charge in [0.15, 0.2) is 0 Å². The minimum atomic E-state index is 0.839. The van der Waals surface area contributed by atoms with Gasteiger partial charge in [0, 0.05) is 83.4 Å². The van der Waals surface area contributed by atoms with Crippen LogP contribution >= 0.6 is 0 Å². The molecule has 3 heterocycles. The summed E-state index contributed by atoms with van der Waals surface area (Å²) in [6.07, 6.45) is 10.0. The van der Waals surface area contributed by atoms with E-state index in [-0.39, 0.29) is 0 Å². The number of piperazine rings is 1. The van der Waals surface area contributed by atoms with Crippen LogP contribution in [0, 0.1) is 0 Å². The molecular weight excluding hydrogens is 362 g/mol. The molecule has 1 aliphatic carbocycles. The van der Waals surface area contributed by atoms with Gasteiger partial charge in [-0.2, -0.15) is 5.10 Å². The summed E-state index contributed by atoms with van der Waals surface area (Å²) in [5.41, 5.74) is 3.55. The summed E-state index contributed by atoms with van der Waals surface area (Å²) in [6.45, 7) is 13.4. The van der Waals surface area contributed by atoms with Gasteiger partial charge in [0.1, 0.15) is 0 Å². The Morgan fingerprint density at radius 1 is 1.21 bits per heavy atom. The molecule has 3 aliphatic rings. The fourth-order valence-corrected chi connectivity index (χ4v) is 4.48. The van der Waals surface area contributed by atoms with Crippen molar-refractivity contribution in [1.29, 1.82) is 0 Å². The first-order chi connectivity index (χ1) is 14.1. The molecule has 0 unspecified atom stereocenters. The highest BCUT2D eigenvalue weighted by Gasteiger charge is 2.29. The van der Waals surface area contributed by atoms with E-state index >= 15 is 0 Å². The van der Waals surface area contributed by atoms with Crippen LogP contribution in [0.2, 0.25) is 0 Å². The van der Waals surface area contributed by atoms with Crippen LogP contribution in [-0.4, -0.2) is 89.9 Å². The van der Waals surface area contributed by atoms with Crippen molar-refractivity contribution in [2.75, 3.05) is 57.8 Å². The van der Waals surface area contributed by atoms with Crippen molar-refractivity contribution in [2.45, 2.75) is 45.1 Å². The molecule has 1 aromatic heterocycles. The monoisotopic (exact) mass is 397 g/mol. The first-order valence-corrected chi connectivity index (χ1v) is 11.1. The number of anilines is 1. The third kappa shape index (κ3) is 4.78. The van der Waals surface area contributed by atoms with Crippen LogP contribution in [0.1, 0.15) is 37.4 Å². The molecule has 0 atom stereocenters. The van der Waals surface area contributed by atoms with Gasteiger partial charge in [-0.3, -0.25) is 14.8 Å². The van der Waals surface area contributed by atoms with Gasteiger partial charge in [0.2, 0.25) is 5.95 Å². The average Bonchev–Trinajstić information content (AvgIpc) is 2.89. The largest absolute Gasteiger partial charge is 0.338 e. The molecule has 0 N–H and O–H groups in total.